The van der Waals surface area contributed by atoms with Gasteiger partial charge in [-0.3, -0.25) is 14.9 Å². The van der Waals surface area contributed by atoms with Crippen LogP contribution in [0.3, 0.4) is 0 Å². The van der Waals surface area contributed by atoms with Gasteiger partial charge in [-0.2, -0.15) is 14.1 Å². The summed E-state index contributed by atoms with van der Waals surface area (Å²) >= 11 is 0. The van der Waals surface area contributed by atoms with Crippen LogP contribution in [0.1, 0.15) is 18.9 Å². The molecule has 2 heterocycles. The molecule has 0 bridgehead atoms. The van der Waals surface area contributed by atoms with Crippen molar-refractivity contribution in [3.05, 3.63) is 80.3 Å². The highest BCUT2D eigenvalue weighted by molar-refractivity contribution is 7.88. The summed E-state index contributed by atoms with van der Waals surface area (Å²) in [6.07, 6.45) is 2.34. The van der Waals surface area contributed by atoms with Gasteiger partial charge < -0.3 is 14.4 Å². The second kappa shape index (κ2) is 11.6. The van der Waals surface area contributed by atoms with Gasteiger partial charge in [0.25, 0.3) is 0 Å². The molecular formula is C27H29F2N5O7S. The predicted molar refractivity (Wildman–Crippen MR) is 149 cm³/mol. The second-order valence-corrected chi connectivity index (χ2v) is 12.4. The van der Waals surface area contributed by atoms with Crippen LogP contribution in [0.5, 0.6) is 11.5 Å². The fraction of sp³-hybridized carbons (Fsp3) is 0.407. The third kappa shape index (κ3) is 6.21. The lowest BCUT2D eigenvalue weighted by Crippen LogP contribution is -2.49. The molecule has 2 atom stereocenters. The molecule has 1 aliphatic heterocycles. The lowest BCUT2D eigenvalue weighted by molar-refractivity contribution is -0.385. The molecule has 5 rings (SSSR count). The van der Waals surface area contributed by atoms with Crippen molar-refractivity contribution in [2.75, 3.05) is 44.8 Å². The first-order valence-corrected chi connectivity index (χ1v) is 14.8. The Labute approximate surface area is 240 Å². The van der Waals surface area contributed by atoms with E-state index < -0.39 is 32.1 Å². The Hall–Kier alpha value is -4.11. The molecule has 1 aliphatic carbocycles. The van der Waals surface area contributed by atoms with Crippen molar-refractivity contribution in [1.82, 2.24) is 14.1 Å². The molecule has 0 amide bonds. The Balaban J connectivity index is 1.35. The largest absolute Gasteiger partial charge is 0.490 e. The third-order valence-electron chi connectivity index (χ3n) is 7.49. The zero-order valence-corrected chi connectivity index (χ0v) is 23.7. The molecule has 1 saturated carbocycles. The molecule has 0 radical (unpaired) electrons. The number of sulfonamides is 1. The minimum atomic E-state index is -3.79. The molecule has 3 aromatic rings. The summed E-state index contributed by atoms with van der Waals surface area (Å²) in [6.45, 7) is 3.00. The van der Waals surface area contributed by atoms with E-state index in [-0.39, 0.29) is 67.3 Å². The van der Waals surface area contributed by atoms with Crippen molar-refractivity contribution in [3.63, 3.8) is 0 Å². The molecular weight excluding hydrogens is 576 g/mol. The molecule has 224 valence electrons. The molecule has 1 saturated heterocycles. The van der Waals surface area contributed by atoms with Crippen molar-refractivity contribution < 1.29 is 31.6 Å². The van der Waals surface area contributed by atoms with Crippen LogP contribution in [0, 0.1) is 33.6 Å². The molecule has 0 spiro atoms. The Kier molecular flexibility index (Phi) is 8.14. The Morgan fingerprint density at radius 3 is 2.36 bits per heavy atom. The van der Waals surface area contributed by atoms with Gasteiger partial charge in [-0.05, 0) is 42.0 Å². The van der Waals surface area contributed by atoms with Gasteiger partial charge in [0, 0.05) is 38.3 Å². The lowest BCUT2D eigenvalue weighted by Gasteiger charge is -2.35. The fourth-order valence-corrected chi connectivity index (χ4v) is 6.43. The summed E-state index contributed by atoms with van der Waals surface area (Å²) in [4.78, 5) is 25.8. The van der Waals surface area contributed by atoms with Gasteiger partial charge in [0.1, 0.15) is 17.3 Å². The van der Waals surface area contributed by atoms with Gasteiger partial charge in [-0.25, -0.2) is 17.2 Å². The molecule has 2 unspecified atom stereocenters. The van der Waals surface area contributed by atoms with Gasteiger partial charge in [0.05, 0.1) is 36.3 Å². The van der Waals surface area contributed by atoms with E-state index in [1.54, 1.807) is 4.90 Å². The monoisotopic (exact) mass is 605 g/mol. The predicted octanol–water partition coefficient (Wildman–Crippen LogP) is 3.11. The minimum Gasteiger partial charge on any atom is -0.490 e. The Bertz CT molecular complexity index is 1660. The van der Waals surface area contributed by atoms with Gasteiger partial charge in [-0.1, -0.05) is 13.0 Å². The van der Waals surface area contributed by atoms with Crippen LogP contribution < -0.4 is 19.9 Å². The van der Waals surface area contributed by atoms with Gasteiger partial charge in [-0.15, -0.1) is 0 Å². The third-order valence-corrected chi connectivity index (χ3v) is 9.34. The van der Waals surface area contributed by atoms with E-state index in [2.05, 4.69) is 12.0 Å². The van der Waals surface area contributed by atoms with Crippen molar-refractivity contribution in [3.8, 4) is 17.2 Å². The fourth-order valence-electron chi connectivity index (χ4n) is 4.93. The second-order valence-electron chi connectivity index (χ2n) is 10.4. The van der Waals surface area contributed by atoms with Gasteiger partial charge in [0.15, 0.2) is 5.75 Å². The zero-order valence-electron chi connectivity index (χ0n) is 22.9. The van der Waals surface area contributed by atoms with E-state index in [9.17, 15) is 32.1 Å². The number of nitro benzene ring substituents is 1. The SMILES string of the molecule is COc1cc(CS(=O)(=O)N2CCN(c3cnn(-c4cc(F)cc(F)c4)c(=O)c3OCC3CC3C)CC2)ccc1[N+](=O)[O-]. The number of anilines is 1. The number of hydrogen-bond donors (Lipinski definition) is 0. The summed E-state index contributed by atoms with van der Waals surface area (Å²) in [5.74, 6) is -1.42. The number of methoxy groups -OCH3 is 1. The van der Waals surface area contributed by atoms with E-state index in [1.807, 2.05) is 0 Å². The standard InChI is InChI=1S/C27H29F2N5O7S/c1-17-9-19(17)15-41-26-24(14-30-33(27(26)35)22-12-20(28)11-21(29)13-22)31-5-7-32(8-6-31)42(38,39)16-18-3-4-23(34(36)37)25(10-18)40-2/h3-4,10-14,17,19H,5-9,15-16H2,1-2H3. The molecule has 1 aromatic heterocycles. The number of rotatable bonds is 10. The number of piperazine rings is 1. The number of nitro groups is 1. The van der Waals surface area contributed by atoms with Crippen LogP contribution in [-0.2, 0) is 15.8 Å². The van der Waals surface area contributed by atoms with E-state index in [0.717, 1.165) is 23.2 Å². The summed E-state index contributed by atoms with van der Waals surface area (Å²) < 4.78 is 67.3. The first-order chi connectivity index (χ1) is 20.0. The van der Waals surface area contributed by atoms with Crippen LogP contribution in [0.4, 0.5) is 20.2 Å². The van der Waals surface area contributed by atoms with E-state index in [4.69, 9.17) is 9.47 Å². The highest BCUT2D eigenvalue weighted by Gasteiger charge is 2.35. The average molecular weight is 606 g/mol. The molecule has 2 fully saturated rings. The smallest absolute Gasteiger partial charge is 0.316 e. The Morgan fingerprint density at radius 2 is 1.76 bits per heavy atom. The first-order valence-electron chi connectivity index (χ1n) is 13.2. The molecule has 0 N–H and O–H groups in total. The number of benzene rings is 2. The molecule has 2 aromatic carbocycles. The topological polar surface area (TPSA) is 137 Å². The average Bonchev–Trinajstić information content (AvgIpc) is 3.65. The highest BCUT2D eigenvalue weighted by atomic mass is 32.2. The number of aromatic nitrogens is 2. The number of nitrogens with zero attached hydrogens (tertiary/aromatic N) is 5. The molecule has 15 heteroatoms. The van der Waals surface area contributed by atoms with Crippen LogP contribution >= 0.6 is 0 Å². The van der Waals surface area contributed by atoms with Gasteiger partial charge >= 0.3 is 11.2 Å². The van der Waals surface area contributed by atoms with Crippen molar-refractivity contribution in [2.45, 2.75) is 19.1 Å². The normalized spacial score (nSPS) is 19.0. The van der Waals surface area contributed by atoms with Crippen molar-refractivity contribution in [1.29, 1.82) is 0 Å². The maximum absolute atomic E-state index is 13.9. The van der Waals surface area contributed by atoms with Crippen LogP contribution in [-0.4, -0.2) is 67.3 Å². The molecule has 12 nitrogen and oxygen atoms in total. The number of hydrogen-bond acceptors (Lipinski definition) is 9. The molecule has 2 aliphatic rings. The number of ether oxygens (including phenoxy) is 2. The summed E-state index contributed by atoms with van der Waals surface area (Å²) in [6, 6.07) is 6.60. The van der Waals surface area contributed by atoms with E-state index in [1.165, 1.54) is 35.8 Å². The van der Waals surface area contributed by atoms with Crippen LogP contribution in [0.2, 0.25) is 0 Å². The Morgan fingerprint density at radius 1 is 1.10 bits per heavy atom. The van der Waals surface area contributed by atoms with Crippen LogP contribution in [0.25, 0.3) is 5.69 Å². The van der Waals surface area contributed by atoms with Gasteiger partial charge in [0.2, 0.25) is 15.8 Å². The summed E-state index contributed by atoms with van der Waals surface area (Å²) in [7, 11) is -2.52. The maximum Gasteiger partial charge on any atom is 0.316 e. The number of halogens is 2. The maximum atomic E-state index is 13.9. The summed E-state index contributed by atoms with van der Waals surface area (Å²) in [5.41, 5.74) is -0.343. The van der Waals surface area contributed by atoms with E-state index in [0.29, 0.717) is 23.2 Å². The minimum absolute atomic E-state index is 0.0250. The highest BCUT2D eigenvalue weighted by Crippen LogP contribution is 2.38. The van der Waals surface area contributed by atoms with Crippen molar-refractivity contribution in [2.24, 2.45) is 11.8 Å². The quantitative estimate of drug-likeness (QED) is 0.252. The lowest BCUT2D eigenvalue weighted by atomic mass is 10.2. The van der Waals surface area contributed by atoms with Crippen LogP contribution in [0.15, 0.2) is 47.4 Å². The van der Waals surface area contributed by atoms with Crippen molar-refractivity contribution >= 4 is 21.4 Å². The zero-order chi connectivity index (χ0) is 30.2. The first kappa shape index (κ1) is 29.4. The summed E-state index contributed by atoms with van der Waals surface area (Å²) in [5, 5.41) is 15.3. The molecule has 42 heavy (non-hydrogen) atoms. The van der Waals surface area contributed by atoms with E-state index >= 15 is 0 Å².